The van der Waals surface area contributed by atoms with Crippen LogP contribution in [0.2, 0.25) is 0 Å². The Morgan fingerprint density at radius 2 is 1.86 bits per heavy atom. The van der Waals surface area contributed by atoms with E-state index in [-0.39, 0.29) is 5.75 Å². The predicted octanol–water partition coefficient (Wildman–Crippen LogP) is 1.96. The molecule has 1 amide bonds. The van der Waals surface area contributed by atoms with Gasteiger partial charge in [-0.25, -0.2) is 17.5 Å². The molecule has 1 fully saturated rings. The molecule has 1 rings (SSSR count). The number of hydrogen-bond acceptors (Lipinski definition) is 4. The molecule has 0 bridgehead atoms. The summed E-state index contributed by atoms with van der Waals surface area (Å²) >= 11 is 0. The maximum atomic E-state index is 12.0. The summed E-state index contributed by atoms with van der Waals surface area (Å²) in [5, 5.41) is 2.76. The Kier molecular flexibility index (Phi) is 6.46. The first kappa shape index (κ1) is 18.2. The van der Waals surface area contributed by atoms with E-state index in [1.54, 1.807) is 4.31 Å². The first-order valence-electron chi connectivity index (χ1n) is 7.58. The maximum Gasteiger partial charge on any atom is 0.407 e. The van der Waals surface area contributed by atoms with Crippen molar-refractivity contribution < 1.29 is 17.9 Å². The number of hydrogen-bond donors (Lipinski definition) is 1. The molecule has 0 atom stereocenters. The van der Waals surface area contributed by atoms with Gasteiger partial charge in [0.2, 0.25) is 10.0 Å². The first-order chi connectivity index (χ1) is 9.64. The minimum Gasteiger partial charge on any atom is -0.444 e. The van der Waals surface area contributed by atoms with E-state index in [0.717, 1.165) is 12.8 Å². The van der Waals surface area contributed by atoms with E-state index in [0.29, 0.717) is 32.0 Å². The molecule has 0 aromatic heterocycles. The molecule has 1 aliphatic rings. The Morgan fingerprint density at radius 1 is 1.29 bits per heavy atom. The fourth-order valence-corrected chi connectivity index (χ4v) is 3.86. The Bertz CT molecular complexity index is 434. The Morgan fingerprint density at radius 3 is 2.33 bits per heavy atom. The lowest BCUT2D eigenvalue weighted by molar-refractivity contribution is 0.0513. The Labute approximate surface area is 128 Å². The monoisotopic (exact) mass is 320 g/mol. The Balaban J connectivity index is 2.33. The molecule has 6 nitrogen and oxygen atoms in total. The molecule has 0 radical (unpaired) electrons. The van der Waals surface area contributed by atoms with E-state index in [9.17, 15) is 13.2 Å². The molecular weight excluding hydrogens is 292 g/mol. The van der Waals surface area contributed by atoms with Gasteiger partial charge >= 0.3 is 6.09 Å². The van der Waals surface area contributed by atoms with Crippen molar-refractivity contribution in [2.45, 2.75) is 52.6 Å². The third kappa shape index (κ3) is 6.65. The molecule has 0 saturated carbocycles. The summed E-state index contributed by atoms with van der Waals surface area (Å²) in [6.07, 6.45) is 1.78. The van der Waals surface area contributed by atoms with Crippen molar-refractivity contribution in [3.05, 3.63) is 0 Å². The van der Waals surface area contributed by atoms with Gasteiger partial charge in [-0.05, 0) is 46.0 Å². The average Bonchev–Trinajstić information content (AvgIpc) is 2.35. The smallest absolute Gasteiger partial charge is 0.407 e. The normalized spacial score (nSPS) is 18.5. The second-order valence-electron chi connectivity index (χ2n) is 6.54. The van der Waals surface area contributed by atoms with Gasteiger partial charge in [-0.1, -0.05) is 6.92 Å². The molecule has 0 aromatic carbocycles. The summed E-state index contributed by atoms with van der Waals surface area (Å²) in [6.45, 7) is 8.97. The number of ether oxygens (including phenoxy) is 1. The lowest BCUT2D eigenvalue weighted by atomic mass is 9.98. The molecule has 1 aliphatic heterocycles. The third-order valence-corrected chi connectivity index (χ3v) is 5.44. The van der Waals surface area contributed by atoms with E-state index in [1.165, 1.54) is 0 Å². The molecule has 1 saturated heterocycles. The quantitative estimate of drug-likeness (QED) is 0.840. The number of amides is 1. The zero-order valence-electron chi connectivity index (χ0n) is 13.5. The van der Waals surface area contributed by atoms with Gasteiger partial charge in [-0.15, -0.1) is 0 Å². The van der Waals surface area contributed by atoms with E-state index >= 15 is 0 Å². The molecule has 1 heterocycles. The largest absolute Gasteiger partial charge is 0.444 e. The molecule has 0 aromatic rings. The highest BCUT2D eigenvalue weighted by molar-refractivity contribution is 7.89. The standard InChI is InChI=1S/C14H28N2O4S/c1-5-10-21(18,19)16-8-6-12(7-9-16)11-15-13(17)20-14(2,3)4/h12H,5-11H2,1-4H3,(H,15,17). The van der Waals surface area contributed by atoms with Gasteiger partial charge in [0.25, 0.3) is 0 Å². The van der Waals surface area contributed by atoms with Crippen LogP contribution in [0.3, 0.4) is 0 Å². The van der Waals surface area contributed by atoms with E-state index in [2.05, 4.69) is 5.32 Å². The first-order valence-corrected chi connectivity index (χ1v) is 9.19. The van der Waals surface area contributed by atoms with Crippen LogP contribution in [0.5, 0.6) is 0 Å². The summed E-state index contributed by atoms with van der Waals surface area (Å²) in [6, 6.07) is 0. The fourth-order valence-electron chi connectivity index (χ4n) is 2.32. The number of piperidine rings is 1. The topological polar surface area (TPSA) is 75.7 Å². The minimum atomic E-state index is -3.09. The average molecular weight is 320 g/mol. The van der Waals surface area contributed by atoms with E-state index < -0.39 is 21.7 Å². The lowest BCUT2D eigenvalue weighted by Crippen LogP contribution is -2.43. The number of nitrogens with one attached hydrogen (secondary N) is 1. The van der Waals surface area contributed by atoms with E-state index in [1.807, 2.05) is 27.7 Å². The maximum absolute atomic E-state index is 12.0. The van der Waals surface area contributed by atoms with Crippen LogP contribution in [-0.2, 0) is 14.8 Å². The molecule has 1 N–H and O–H groups in total. The zero-order chi connectivity index (χ0) is 16.1. The van der Waals surface area contributed by atoms with Crippen LogP contribution < -0.4 is 5.32 Å². The number of sulfonamides is 1. The zero-order valence-corrected chi connectivity index (χ0v) is 14.3. The highest BCUT2D eigenvalue weighted by atomic mass is 32.2. The van der Waals surface area contributed by atoms with E-state index in [4.69, 9.17) is 4.74 Å². The van der Waals surface area contributed by atoms with Crippen LogP contribution >= 0.6 is 0 Å². The van der Waals surface area contributed by atoms with Gasteiger partial charge in [0.1, 0.15) is 5.60 Å². The number of rotatable bonds is 5. The summed E-state index contributed by atoms with van der Waals surface area (Å²) < 4.78 is 30.7. The second-order valence-corrected chi connectivity index (χ2v) is 8.63. The van der Waals surface area contributed by atoms with Crippen molar-refractivity contribution in [1.29, 1.82) is 0 Å². The third-order valence-electron chi connectivity index (χ3n) is 3.36. The van der Waals surface area contributed by atoms with Crippen molar-refractivity contribution >= 4 is 16.1 Å². The van der Waals surface area contributed by atoms with Crippen LogP contribution in [0.4, 0.5) is 4.79 Å². The van der Waals surface area contributed by atoms with Crippen molar-refractivity contribution in [3.63, 3.8) is 0 Å². The highest BCUT2D eigenvalue weighted by Gasteiger charge is 2.27. The van der Waals surface area contributed by atoms with Crippen molar-refractivity contribution in [3.8, 4) is 0 Å². The summed E-state index contributed by atoms with van der Waals surface area (Å²) in [4.78, 5) is 11.6. The van der Waals surface area contributed by atoms with Crippen LogP contribution in [-0.4, -0.2) is 49.8 Å². The summed E-state index contributed by atoms with van der Waals surface area (Å²) in [7, 11) is -3.09. The lowest BCUT2D eigenvalue weighted by Gasteiger charge is -2.31. The van der Waals surface area contributed by atoms with Crippen molar-refractivity contribution in [1.82, 2.24) is 9.62 Å². The number of carbonyl (C=O) groups is 1. The highest BCUT2D eigenvalue weighted by Crippen LogP contribution is 2.19. The number of alkyl carbamates (subject to hydrolysis) is 1. The molecule has 7 heteroatoms. The molecule has 0 aliphatic carbocycles. The number of nitrogens with zero attached hydrogens (tertiary/aromatic N) is 1. The predicted molar refractivity (Wildman–Crippen MR) is 82.6 cm³/mol. The van der Waals surface area contributed by atoms with Gasteiger partial charge in [0.05, 0.1) is 5.75 Å². The van der Waals surface area contributed by atoms with Crippen molar-refractivity contribution in [2.24, 2.45) is 5.92 Å². The van der Waals surface area contributed by atoms with Gasteiger partial charge in [-0.2, -0.15) is 0 Å². The summed E-state index contributed by atoms with van der Waals surface area (Å²) in [5.74, 6) is 0.527. The second kappa shape index (κ2) is 7.45. The van der Waals surface area contributed by atoms with Crippen LogP contribution in [0, 0.1) is 5.92 Å². The molecule has 0 unspecified atom stereocenters. The van der Waals surface area contributed by atoms with Crippen molar-refractivity contribution in [2.75, 3.05) is 25.4 Å². The van der Waals surface area contributed by atoms with Gasteiger partial charge in [0, 0.05) is 19.6 Å². The Hall–Kier alpha value is -0.820. The van der Waals surface area contributed by atoms with Crippen LogP contribution in [0.25, 0.3) is 0 Å². The molecular formula is C14H28N2O4S. The van der Waals surface area contributed by atoms with Crippen LogP contribution in [0.15, 0.2) is 0 Å². The minimum absolute atomic E-state index is 0.216. The summed E-state index contributed by atoms with van der Waals surface area (Å²) in [5.41, 5.74) is -0.498. The molecule has 124 valence electrons. The van der Waals surface area contributed by atoms with Gasteiger partial charge in [-0.3, -0.25) is 0 Å². The fraction of sp³-hybridized carbons (Fsp3) is 0.929. The van der Waals surface area contributed by atoms with Gasteiger partial charge < -0.3 is 10.1 Å². The number of carbonyl (C=O) groups excluding carboxylic acids is 1. The van der Waals surface area contributed by atoms with Gasteiger partial charge in [0.15, 0.2) is 0 Å². The SMILES string of the molecule is CCCS(=O)(=O)N1CCC(CNC(=O)OC(C)(C)C)CC1. The van der Waals surface area contributed by atoms with Crippen LogP contribution in [0.1, 0.15) is 47.0 Å². The molecule has 21 heavy (non-hydrogen) atoms. The molecule has 0 spiro atoms.